The van der Waals surface area contributed by atoms with Crippen LogP contribution in [0.4, 0.5) is 5.69 Å². The first-order chi connectivity index (χ1) is 8.16. The van der Waals surface area contributed by atoms with E-state index in [2.05, 4.69) is 15.9 Å². The fourth-order valence-corrected chi connectivity index (χ4v) is 2.16. The number of rotatable bonds is 4. The monoisotopic (exact) mass is 301 g/mol. The van der Waals surface area contributed by atoms with Crippen molar-refractivity contribution in [3.8, 4) is 5.75 Å². The van der Waals surface area contributed by atoms with Gasteiger partial charge < -0.3 is 9.47 Å². The predicted molar refractivity (Wildman–Crippen MR) is 65.3 cm³/mol. The molecule has 1 aromatic carbocycles. The van der Waals surface area contributed by atoms with Crippen LogP contribution in [-0.4, -0.2) is 24.2 Å². The maximum absolute atomic E-state index is 10.6. The summed E-state index contributed by atoms with van der Waals surface area (Å²) in [5.74, 6) is 0.603. The largest absolute Gasteiger partial charge is 0.490 e. The van der Waals surface area contributed by atoms with Gasteiger partial charge in [0.2, 0.25) is 0 Å². The smallest absolute Gasteiger partial charge is 0.270 e. The molecule has 1 heterocycles. The molecule has 0 unspecified atom stereocenters. The summed E-state index contributed by atoms with van der Waals surface area (Å²) < 4.78 is 11.6. The molecule has 0 amide bonds. The molecule has 0 N–H and O–H groups in total. The van der Waals surface area contributed by atoms with Gasteiger partial charge in [-0.3, -0.25) is 10.1 Å². The number of nitro benzene ring substituents is 1. The molecule has 1 fully saturated rings. The van der Waals surface area contributed by atoms with E-state index in [9.17, 15) is 10.1 Å². The third kappa shape index (κ3) is 3.17. The number of nitro groups is 1. The molecule has 1 aliphatic rings. The van der Waals surface area contributed by atoms with Gasteiger partial charge in [-0.2, -0.15) is 0 Å². The Bertz CT molecular complexity index is 418. The van der Waals surface area contributed by atoms with E-state index in [0.29, 0.717) is 16.8 Å². The molecule has 0 saturated carbocycles. The number of non-ortho nitro benzene ring substituents is 1. The summed E-state index contributed by atoms with van der Waals surface area (Å²) >= 11 is 3.25. The Morgan fingerprint density at radius 1 is 1.59 bits per heavy atom. The highest BCUT2D eigenvalue weighted by atomic mass is 79.9. The predicted octanol–water partition coefficient (Wildman–Crippen LogP) is 2.92. The first-order valence-electron chi connectivity index (χ1n) is 5.35. The zero-order chi connectivity index (χ0) is 12.3. The Hall–Kier alpha value is -1.14. The van der Waals surface area contributed by atoms with Gasteiger partial charge in [0, 0.05) is 18.7 Å². The van der Waals surface area contributed by atoms with Gasteiger partial charge in [0.15, 0.2) is 0 Å². The fourth-order valence-electron chi connectivity index (χ4n) is 1.68. The first kappa shape index (κ1) is 12.3. The number of hydrogen-bond donors (Lipinski definition) is 0. The van der Waals surface area contributed by atoms with Crippen LogP contribution in [0, 0.1) is 10.1 Å². The third-order valence-electron chi connectivity index (χ3n) is 2.58. The van der Waals surface area contributed by atoms with E-state index < -0.39 is 4.92 Å². The van der Waals surface area contributed by atoms with Crippen LogP contribution in [0.3, 0.4) is 0 Å². The van der Waals surface area contributed by atoms with Gasteiger partial charge in [0.05, 0.1) is 15.5 Å². The number of nitrogens with zero attached hydrogens (tertiary/aromatic N) is 1. The molecule has 2 rings (SSSR count). The zero-order valence-corrected chi connectivity index (χ0v) is 10.7. The van der Waals surface area contributed by atoms with Crippen molar-refractivity contribution >= 4 is 21.6 Å². The van der Waals surface area contributed by atoms with E-state index in [4.69, 9.17) is 9.47 Å². The molecule has 1 aromatic rings. The number of benzene rings is 1. The van der Waals surface area contributed by atoms with Gasteiger partial charge in [-0.05, 0) is 34.8 Å². The van der Waals surface area contributed by atoms with Crippen molar-refractivity contribution in [3.05, 3.63) is 32.8 Å². The highest BCUT2D eigenvalue weighted by molar-refractivity contribution is 9.10. The average molecular weight is 302 g/mol. The fraction of sp³-hybridized carbons (Fsp3) is 0.455. The molecule has 17 heavy (non-hydrogen) atoms. The molecular weight excluding hydrogens is 290 g/mol. The van der Waals surface area contributed by atoms with Crippen molar-refractivity contribution in [2.45, 2.75) is 18.9 Å². The lowest BCUT2D eigenvalue weighted by Gasteiger charge is -2.12. The van der Waals surface area contributed by atoms with E-state index >= 15 is 0 Å². The summed E-state index contributed by atoms with van der Waals surface area (Å²) in [6.07, 6.45) is 2.21. The molecular formula is C11H12BrNO4. The lowest BCUT2D eigenvalue weighted by Crippen LogP contribution is -2.16. The zero-order valence-electron chi connectivity index (χ0n) is 9.10. The van der Waals surface area contributed by atoms with Gasteiger partial charge >= 0.3 is 0 Å². The molecule has 0 bridgehead atoms. The second-order valence-electron chi connectivity index (χ2n) is 3.82. The minimum Gasteiger partial charge on any atom is -0.490 e. The van der Waals surface area contributed by atoms with Crippen LogP contribution in [0.2, 0.25) is 0 Å². The Morgan fingerprint density at radius 3 is 3.00 bits per heavy atom. The van der Waals surface area contributed by atoms with E-state index in [1.165, 1.54) is 12.1 Å². The van der Waals surface area contributed by atoms with Crippen LogP contribution in [0.15, 0.2) is 22.7 Å². The van der Waals surface area contributed by atoms with E-state index in [1.807, 2.05) is 0 Å². The normalized spacial score (nSPS) is 19.2. The van der Waals surface area contributed by atoms with Crippen LogP contribution >= 0.6 is 15.9 Å². The van der Waals surface area contributed by atoms with E-state index in [-0.39, 0.29) is 11.8 Å². The van der Waals surface area contributed by atoms with Crippen LogP contribution in [0.25, 0.3) is 0 Å². The number of halogens is 1. The second kappa shape index (κ2) is 5.46. The molecule has 1 aliphatic heterocycles. The second-order valence-corrected chi connectivity index (χ2v) is 4.67. The van der Waals surface area contributed by atoms with Crippen molar-refractivity contribution in [1.29, 1.82) is 0 Å². The van der Waals surface area contributed by atoms with Gasteiger partial charge in [0.25, 0.3) is 5.69 Å². The van der Waals surface area contributed by atoms with Crippen LogP contribution in [-0.2, 0) is 4.74 Å². The molecule has 1 saturated heterocycles. The first-order valence-corrected chi connectivity index (χ1v) is 6.14. The lowest BCUT2D eigenvalue weighted by molar-refractivity contribution is -0.385. The summed E-state index contributed by atoms with van der Waals surface area (Å²) in [5.41, 5.74) is 0.0429. The maximum atomic E-state index is 10.6. The molecule has 6 heteroatoms. The van der Waals surface area contributed by atoms with Gasteiger partial charge in [-0.25, -0.2) is 0 Å². The topological polar surface area (TPSA) is 61.6 Å². The highest BCUT2D eigenvalue weighted by Crippen LogP contribution is 2.29. The third-order valence-corrected chi connectivity index (χ3v) is 3.19. The Labute approximate surface area is 107 Å². The highest BCUT2D eigenvalue weighted by Gasteiger charge is 2.17. The minimum atomic E-state index is -0.436. The minimum absolute atomic E-state index is 0.0429. The lowest BCUT2D eigenvalue weighted by atomic mass is 10.2. The summed E-state index contributed by atoms with van der Waals surface area (Å²) in [6, 6.07) is 4.46. The van der Waals surface area contributed by atoms with Crippen molar-refractivity contribution in [2.75, 3.05) is 13.2 Å². The summed E-state index contributed by atoms with van der Waals surface area (Å²) in [4.78, 5) is 10.1. The molecule has 0 spiro atoms. The number of hydrogen-bond acceptors (Lipinski definition) is 4. The van der Waals surface area contributed by atoms with Crippen LogP contribution in [0.5, 0.6) is 5.75 Å². The molecule has 0 aromatic heterocycles. The summed E-state index contributed by atoms with van der Waals surface area (Å²) in [7, 11) is 0. The van der Waals surface area contributed by atoms with Crippen molar-refractivity contribution in [1.82, 2.24) is 0 Å². The van der Waals surface area contributed by atoms with Gasteiger partial charge in [-0.1, -0.05) is 0 Å². The quantitative estimate of drug-likeness (QED) is 0.634. The molecule has 0 radical (unpaired) electrons. The molecule has 0 aliphatic carbocycles. The van der Waals surface area contributed by atoms with Crippen molar-refractivity contribution in [2.24, 2.45) is 0 Å². The Balaban J connectivity index is 1.98. The summed E-state index contributed by atoms with van der Waals surface area (Å²) in [6.45, 7) is 1.27. The Morgan fingerprint density at radius 2 is 2.41 bits per heavy atom. The van der Waals surface area contributed by atoms with Crippen LogP contribution < -0.4 is 4.74 Å². The van der Waals surface area contributed by atoms with E-state index in [1.54, 1.807) is 6.07 Å². The van der Waals surface area contributed by atoms with Gasteiger partial charge in [-0.15, -0.1) is 0 Å². The SMILES string of the molecule is O=[N+]([O-])c1ccc(OC[C@H]2CCCO2)c(Br)c1. The number of ether oxygens (including phenoxy) is 2. The average Bonchev–Trinajstić information content (AvgIpc) is 2.80. The van der Waals surface area contributed by atoms with Crippen LogP contribution in [0.1, 0.15) is 12.8 Å². The Kier molecular flexibility index (Phi) is 3.96. The molecule has 92 valence electrons. The van der Waals surface area contributed by atoms with E-state index in [0.717, 1.165) is 19.4 Å². The maximum Gasteiger partial charge on any atom is 0.270 e. The molecule has 1 atom stereocenters. The van der Waals surface area contributed by atoms with Gasteiger partial charge in [0.1, 0.15) is 12.4 Å². The summed E-state index contributed by atoms with van der Waals surface area (Å²) in [5, 5.41) is 10.6. The van der Waals surface area contributed by atoms with Crippen molar-refractivity contribution in [3.63, 3.8) is 0 Å². The van der Waals surface area contributed by atoms with Crippen molar-refractivity contribution < 1.29 is 14.4 Å². The molecule has 5 nitrogen and oxygen atoms in total. The standard InChI is InChI=1S/C11H12BrNO4/c12-10-6-8(13(14)15)3-4-11(10)17-7-9-2-1-5-16-9/h3-4,6,9H,1-2,5,7H2/t9-/m1/s1.